The SMILES string of the molecule is FC(F)(F)CNc1cc(Cl)c(Cl)c(Cl)c1. The Bertz CT molecular complexity index is 342. The first-order valence-corrected chi connectivity index (χ1v) is 4.88. The van der Waals surface area contributed by atoms with E-state index in [0.717, 1.165) is 0 Å². The van der Waals surface area contributed by atoms with Gasteiger partial charge in [0.15, 0.2) is 0 Å². The third-order valence-electron chi connectivity index (χ3n) is 1.48. The number of hydrogen-bond donors (Lipinski definition) is 1. The van der Waals surface area contributed by atoms with Gasteiger partial charge >= 0.3 is 6.18 Å². The van der Waals surface area contributed by atoms with E-state index < -0.39 is 12.7 Å². The van der Waals surface area contributed by atoms with Crippen LogP contribution in [-0.2, 0) is 0 Å². The van der Waals surface area contributed by atoms with Crippen LogP contribution in [0.3, 0.4) is 0 Å². The molecule has 1 aromatic carbocycles. The van der Waals surface area contributed by atoms with Gasteiger partial charge in [-0.3, -0.25) is 0 Å². The number of nitrogens with one attached hydrogen (secondary N) is 1. The number of alkyl halides is 3. The van der Waals surface area contributed by atoms with Crippen molar-refractivity contribution in [3.63, 3.8) is 0 Å². The Morgan fingerprint density at radius 1 is 1.07 bits per heavy atom. The van der Waals surface area contributed by atoms with Gasteiger partial charge in [0, 0.05) is 5.69 Å². The monoisotopic (exact) mass is 277 g/mol. The van der Waals surface area contributed by atoms with E-state index in [4.69, 9.17) is 34.8 Å². The van der Waals surface area contributed by atoms with Gasteiger partial charge in [0.2, 0.25) is 0 Å². The van der Waals surface area contributed by atoms with Gasteiger partial charge in [-0.25, -0.2) is 0 Å². The van der Waals surface area contributed by atoms with Gasteiger partial charge < -0.3 is 5.32 Å². The zero-order chi connectivity index (χ0) is 11.6. The van der Waals surface area contributed by atoms with Crippen LogP contribution in [0.5, 0.6) is 0 Å². The molecule has 1 nitrogen and oxygen atoms in total. The molecule has 0 bridgehead atoms. The van der Waals surface area contributed by atoms with Crippen LogP contribution in [0.15, 0.2) is 12.1 Å². The molecule has 0 amide bonds. The van der Waals surface area contributed by atoms with E-state index >= 15 is 0 Å². The second-order valence-corrected chi connectivity index (χ2v) is 3.91. The Morgan fingerprint density at radius 2 is 1.53 bits per heavy atom. The van der Waals surface area contributed by atoms with E-state index in [-0.39, 0.29) is 20.8 Å². The molecular weight excluding hydrogens is 273 g/mol. The Kier molecular flexibility index (Phi) is 3.98. The molecular formula is C8H5Cl3F3N. The van der Waals surface area contributed by atoms with E-state index in [2.05, 4.69) is 5.32 Å². The summed E-state index contributed by atoms with van der Waals surface area (Å²) in [6, 6.07) is 2.56. The summed E-state index contributed by atoms with van der Waals surface area (Å²) in [6.07, 6.45) is -4.29. The maximum Gasteiger partial charge on any atom is 0.405 e. The molecule has 0 heterocycles. The molecule has 0 aromatic heterocycles. The van der Waals surface area contributed by atoms with Crippen molar-refractivity contribution < 1.29 is 13.2 Å². The maximum atomic E-state index is 11.9. The summed E-state index contributed by atoms with van der Waals surface area (Å²) >= 11 is 16.9. The zero-order valence-corrected chi connectivity index (χ0v) is 9.40. The van der Waals surface area contributed by atoms with Gasteiger partial charge in [0.25, 0.3) is 0 Å². The molecule has 0 saturated heterocycles. The smallest absolute Gasteiger partial charge is 0.376 e. The highest BCUT2D eigenvalue weighted by Crippen LogP contribution is 2.33. The molecule has 84 valence electrons. The number of rotatable bonds is 2. The van der Waals surface area contributed by atoms with E-state index in [1.54, 1.807) is 0 Å². The van der Waals surface area contributed by atoms with Crippen molar-refractivity contribution in [1.29, 1.82) is 0 Å². The molecule has 0 fully saturated rings. The second-order valence-electron chi connectivity index (χ2n) is 2.72. The minimum Gasteiger partial charge on any atom is -0.376 e. The molecule has 0 spiro atoms. The molecule has 0 unspecified atom stereocenters. The highest BCUT2D eigenvalue weighted by atomic mass is 35.5. The van der Waals surface area contributed by atoms with E-state index in [1.165, 1.54) is 12.1 Å². The van der Waals surface area contributed by atoms with Gasteiger partial charge in [-0.05, 0) is 12.1 Å². The molecule has 0 aliphatic carbocycles. The quantitative estimate of drug-likeness (QED) is 0.778. The minimum atomic E-state index is -4.29. The van der Waals surface area contributed by atoms with Crippen molar-refractivity contribution in [1.82, 2.24) is 0 Å². The molecule has 15 heavy (non-hydrogen) atoms. The van der Waals surface area contributed by atoms with Crippen LogP contribution >= 0.6 is 34.8 Å². The molecule has 0 atom stereocenters. The predicted octanol–water partition coefficient (Wildman–Crippen LogP) is 4.62. The normalized spacial score (nSPS) is 11.6. The van der Waals surface area contributed by atoms with Gasteiger partial charge in [-0.2, -0.15) is 13.2 Å². The highest BCUT2D eigenvalue weighted by Gasteiger charge is 2.26. The zero-order valence-electron chi connectivity index (χ0n) is 7.13. The fourth-order valence-electron chi connectivity index (χ4n) is 0.860. The first-order valence-electron chi connectivity index (χ1n) is 3.75. The summed E-state index contributed by atoms with van der Waals surface area (Å²) in [5.41, 5.74) is 0.173. The molecule has 0 aliphatic heterocycles. The standard InChI is InChI=1S/C8H5Cl3F3N/c9-5-1-4(2-6(10)7(5)11)15-3-8(12,13)14/h1-2,15H,3H2. The van der Waals surface area contributed by atoms with Crippen LogP contribution in [0, 0.1) is 0 Å². The topological polar surface area (TPSA) is 12.0 Å². The summed E-state index contributed by atoms with van der Waals surface area (Å²) in [4.78, 5) is 0. The van der Waals surface area contributed by atoms with Crippen molar-refractivity contribution >= 4 is 40.5 Å². The Balaban J connectivity index is 2.80. The lowest BCUT2D eigenvalue weighted by molar-refractivity contribution is -0.115. The number of benzene rings is 1. The van der Waals surface area contributed by atoms with E-state index in [0.29, 0.717) is 0 Å². The van der Waals surface area contributed by atoms with Crippen LogP contribution < -0.4 is 5.32 Å². The van der Waals surface area contributed by atoms with Gasteiger partial charge in [-0.15, -0.1) is 0 Å². The molecule has 1 aromatic rings. The first kappa shape index (κ1) is 12.7. The summed E-state index contributed by atoms with van der Waals surface area (Å²) in [7, 11) is 0. The molecule has 7 heteroatoms. The van der Waals surface area contributed by atoms with Crippen LogP contribution in [0.1, 0.15) is 0 Å². The molecule has 1 rings (SSSR count). The molecule has 1 N–H and O–H groups in total. The average molecular weight is 278 g/mol. The lowest BCUT2D eigenvalue weighted by Crippen LogP contribution is -2.21. The summed E-state index contributed by atoms with van der Waals surface area (Å²) in [5, 5.41) is 2.47. The number of hydrogen-bond acceptors (Lipinski definition) is 1. The van der Waals surface area contributed by atoms with Gasteiger partial charge in [0.05, 0.1) is 15.1 Å². The third kappa shape index (κ3) is 3.97. The molecule has 0 saturated carbocycles. The predicted molar refractivity (Wildman–Crippen MR) is 56.0 cm³/mol. The maximum absolute atomic E-state index is 11.9. The summed E-state index contributed by atoms with van der Waals surface area (Å²) in [5.74, 6) is 0. The van der Waals surface area contributed by atoms with Crippen molar-refractivity contribution in [2.75, 3.05) is 11.9 Å². The van der Waals surface area contributed by atoms with Crippen molar-refractivity contribution in [3.8, 4) is 0 Å². The largest absolute Gasteiger partial charge is 0.405 e. The van der Waals surface area contributed by atoms with Crippen molar-refractivity contribution in [3.05, 3.63) is 27.2 Å². The average Bonchev–Trinajstić information content (AvgIpc) is 2.09. The minimum absolute atomic E-state index is 0.105. The Morgan fingerprint density at radius 3 is 1.93 bits per heavy atom. The van der Waals surface area contributed by atoms with Crippen molar-refractivity contribution in [2.24, 2.45) is 0 Å². The van der Waals surface area contributed by atoms with Crippen LogP contribution in [0.25, 0.3) is 0 Å². The fraction of sp³-hybridized carbons (Fsp3) is 0.250. The highest BCUT2D eigenvalue weighted by molar-refractivity contribution is 6.48. The molecule has 0 radical (unpaired) electrons. The Labute approximate surface area is 99.1 Å². The number of anilines is 1. The number of halogens is 6. The lowest BCUT2D eigenvalue weighted by atomic mass is 10.3. The van der Waals surface area contributed by atoms with Crippen LogP contribution in [0.2, 0.25) is 15.1 Å². The van der Waals surface area contributed by atoms with E-state index in [1.807, 2.05) is 0 Å². The van der Waals surface area contributed by atoms with Gasteiger partial charge in [-0.1, -0.05) is 34.8 Å². The van der Waals surface area contributed by atoms with Crippen molar-refractivity contribution in [2.45, 2.75) is 6.18 Å². The van der Waals surface area contributed by atoms with Gasteiger partial charge in [0.1, 0.15) is 6.54 Å². The van der Waals surface area contributed by atoms with Crippen LogP contribution in [-0.4, -0.2) is 12.7 Å². The van der Waals surface area contributed by atoms with E-state index in [9.17, 15) is 13.2 Å². The lowest BCUT2D eigenvalue weighted by Gasteiger charge is -2.10. The summed E-state index contributed by atoms with van der Waals surface area (Å²) < 4.78 is 35.6. The second kappa shape index (κ2) is 4.68. The summed E-state index contributed by atoms with van der Waals surface area (Å²) in [6.45, 7) is -1.15. The fourth-order valence-corrected chi connectivity index (χ4v) is 1.46. The first-order chi connectivity index (χ1) is 6.79. The third-order valence-corrected chi connectivity index (χ3v) is 2.67. The van der Waals surface area contributed by atoms with Crippen LogP contribution in [0.4, 0.5) is 18.9 Å². The molecule has 0 aliphatic rings. The Hall–Kier alpha value is -0.320.